The molecule has 1 aromatic carbocycles. The number of carbonyl (C=O) groups is 2. The van der Waals surface area contributed by atoms with Crippen LogP contribution in [0.2, 0.25) is 0 Å². The molecule has 0 radical (unpaired) electrons. The van der Waals surface area contributed by atoms with Gasteiger partial charge in [-0.05, 0) is 25.5 Å². The minimum Gasteiger partial charge on any atom is -0.494 e. The van der Waals surface area contributed by atoms with Gasteiger partial charge in [-0.25, -0.2) is 0 Å². The second-order valence-corrected chi connectivity index (χ2v) is 6.25. The minimum atomic E-state index is -0.540. The van der Waals surface area contributed by atoms with E-state index in [1.807, 2.05) is 51.1 Å². The third-order valence-corrected chi connectivity index (χ3v) is 3.05. The van der Waals surface area contributed by atoms with Gasteiger partial charge in [-0.3, -0.25) is 9.59 Å². The molecule has 5 nitrogen and oxygen atoms in total. The Morgan fingerprint density at radius 1 is 1.18 bits per heavy atom. The van der Waals surface area contributed by atoms with Crippen LogP contribution in [0, 0.1) is 5.41 Å². The van der Waals surface area contributed by atoms with Crippen molar-refractivity contribution in [2.24, 2.45) is 5.41 Å². The molecule has 0 bridgehead atoms. The third kappa shape index (κ3) is 6.61. The summed E-state index contributed by atoms with van der Waals surface area (Å²) < 4.78 is 5.54. The Morgan fingerprint density at radius 2 is 1.82 bits per heavy atom. The molecule has 0 spiro atoms. The molecule has 0 fully saturated rings. The van der Waals surface area contributed by atoms with E-state index in [0.717, 1.165) is 5.75 Å². The Kier molecular flexibility index (Phi) is 6.89. The number of nitrogens with one attached hydrogen (secondary N) is 2. The molecule has 0 saturated carbocycles. The SMILES string of the molecule is CC(NC(=O)C(C)(C)C)C(=O)NCCCOc1ccccc1. The first-order valence-corrected chi connectivity index (χ1v) is 7.57. The van der Waals surface area contributed by atoms with Crippen LogP contribution in [0.25, 0.3) is 0 Å². The molecule has 1 unspecified atom stereocenters. The summed E-state index contributed by atoms with van der Waals surface area (Å²) >= 11 is 0. The predicted octanol–water partition coefficient (Wildman–Crippen LogP) is 2.12. The molecule has 1 aromatic rings. The zero-order valence-corrected chi connectivity index (χ0v) is 13.8. The maximum Gasteiger partial charge on any atom is 0.242 e. The lowest BCUT2D eigenvalue weighted by molar-refractivity contribution is -0.133. The van der Waals surface area contributed by atoms with Crippen molar-refractivity contribution in [1.29, 1.82) is 0 Å². The monoisotopic (exact) mass is 306 g/mol. The highest BCUT2D eigenvalue weighted by atomic mass is 16.5. The first kappa shape index (κ1) is 18.0. The van der Waals surface area contributed by atoms with Crippen LogP contribution in [0.1, 0.15) is 34.1 Å². The van der Waals surface area contributed by atoms with Gasteiger partial charge in [0.2, 0.25) is 11.8 Å². The average Bonchev–Trinajstić information content (AvgIpc) is 2.46. The van der Waals surface area contributed by atoms with Crippen LogP contribution in [0.4, 0.5) is 0 Å². The lowest BCUT2D eigenvalue weighted by atomic mass is 9.95. The number of rotatable bonds is 7. The van der Waals surface area contributed by atoms with Crippen LogP contribution in [0.15, 0.2) is 30.3 Å². The number of carbonyl (C=O) groups excluding carboxylic acids is 2. The Hall–Kier alpha value is -2.04. The molecule has 0 aliphatic heterocycles. The van der Waals surface area contributed by atoms with E-state index in [1.54, 1.807) is 6.92 Å². The number of hydrogen-bond donors (Lipinski definition) is 2. The van der Waals surface area contributed by atoms with Gasteiger partial charge in [0.25, 0.3) is 0 Å². The maximum absolute atomic E-state index is 11.9. The topological polar surface area (TPSA) is 67.4 Å². The van der Waals surface area contributed by atoms with Gasteiger partial charge in [0.15, 0.2) is 0 Å². The molecule has 0 aliphatic rings. The van der Waals surface area contributed by atoms with Crippen molar-refractivity contribution in [2.45, 2.75) is 40.2 Å². The second-order valence-electron chi connectivity index (χ2n) is 6.25. The van der Waals surface area contributed by atoms with Crippen molar-refractivity contribution < 1.29 is 14.3 Å². The molecule has 2 amide bonds. The molecule has 122 valence electrons. The van der Waals surface area contributed by atoms with Crippen molar-refractivity contribution >= 4 is 11.8 Å². The highest BCUT2D eigenvalue weighted by molar-refractivity contribution is 5.89. The van der Waals surface area contributed by atoms with E-state index in [2.05, 4.69) is 10.6 Å². The van der Waals surface area contributed by atoms with Crippen molar-refractivity contribution in [3.63, 3.8) is 0 Å². The summed E-state index contributed by atoms with van der Waals surface area (Å²) in [5, 5.41) is 5.50. The summed E-state index contributed by atoms with van der Waals surface area (Å²) in [6.07, 6.45) is 0.709. The molecular weight excluding hydrogens is 280 g/mol. The van der Waals surface area contributed by atoms with Crippen LogP contribution in [0.3, 0.4) is 0 Å². The Labute approximate surface area is 132 Å². The summed E-state index contributed by atoms with van der Waals surface area (Å²) in [5.41, 5.74) is -0.502. The first-order chi connectivity index (χ1) is 10.3. The van der Waals surface area contributed by atoms with E-state index in [-0.39, 0.29) is 11.8 Å². The normalized spacial score (nSPS) is 12.4. The highest BCUT2D eigenvalue weighted by Crippen LogP contribution is 2.12. The molecule has 1 rings (SSSR count). The van der Waals surface area contributed by atoms with Gasteiger partial charge < -0.3 is 15.4 Å². The zero-order chi connectivity index (χ0) is 16.6. The third-order valence-electron chi connectivity index (χ3n) is 3.05. The van der Waals surface area contributed by atoms with Crippen LogP contribution < -0.4 is 15.4 Å². The number of hydrogen-bond acceptors (Lipinski definition) is 3. The smallest absolute Gasteiger partial charge is 0.242 e. The molecule has 1 atom stereocenters. The minimum absolute atomic E-state index is 0.137. The highest BCUT2D eigenvalue weighted by Gasteiger charge is 2.24. The fraction of sp³-hybridized carbons (Fsp3) is 0.529. The zero-order valence-electron chi connectivity index (χ0n) is 13.8. The molecule has 0 heterocycles. The second kappa shape index (κ2) is 8.41. The Morgan fingerprint density at radius 3 is 2.41 bits per heavy atom. The van der Waals surface area contributed by atoms with Gasteiger partial charge >= 0.3 is 0 Å². The van der Waals surface area contributed by atoms with Gasteiger partial charge in [0.05, 0.1) is 6.61 Å². The van der Waals surface area contributed by atoms with E-state index in [0.29, 0.717) is 19.6 Å². The van der Waals surface area contributed by atoms with E-state index < -0.39 is 11.5 Å². The van der Waals surface area contributed by atoms with E-state index in [9.17, 15) is 9.59 Å². The Bertz CT molecular complexity index is 480. The van der Waals surface area contributed by atoms with Gasteiger partial charge in [-0.2, -0.15) is 0 Å². The van der Waals surface area contributed by atoms with Crippen LogP contribution >= 0.6 is 0 Å². The molecule has 22 heavy (non-hydrogen) atoms. The maximum atomic E-state index is 11.9. The van der Waals surface area contributed by atoms with E-state index in [4.69, 9.17) is 4.74 Å². The number of ether oxygens (including phenoxy) is 1. The van der Waals surface area contributed by atoms with Gasteiger partial charge in [-0.1, -0.05) is 39.0 Å². The largest absolute Gasteiger partial charge is 0.494 e. The van der Waals surface area contributed by atoms with E-state index in [1.165, 1.54) is 0 Å². The molecule has 2 N–H and O–H groups in total. The van der Waals surface area contributed by atoms with Gasteiger partial charge in [0.1, 0.15) is 11.8 Å². The summed E-state index contributed by atoms with van der Waals surface area (Å²) in [7, 11) is 0. The average molecular weight is 306 g/mol. The van der Waals surface area contributed by atoms with Crippen LogP contribution in [-0.4, -0.2) is 31.0 Å². The van der Waals surface area contributed by atoms with E-state index >= 15 is 0 Å². The number of amides is 2. The quantitative estimate of drug-likeness (QED) is 0.758. The predicted molar refractivity (Wildman–Crippen MR) is 86.6 cm³/mol. The summed E-state index contributed by atoms with van der Waals surface area (Å²) in [4.78, 5) is 23.7. The van der Waals surface area contributed by atoms with Crippen LogP contribution in [-0.2, 0) is 9.59 Å². The van der Waals surface area contributed by atoms with Crippen molar-refractivity contribution in [2.75, 3.05) is 13.2 Å². The first-order valence-electron chi connectivity index (χ1n) is 7.57. The van der Waals surface area contributed by atoms with Crippen LogP contribution in [0.5, 0.6) is 5.75 Å². The lowest BCUT2D eigenvalue weighted by Gasteiger charge is -2.21. The van der Waals surface area contributed by atoms with Crippen molar-refractivity contribution in [1.82, 2.24) is 10.6 Å². The van der Waals surface area contributed by atoms with Crippen molar-refractivity contribution in [3.8, 4) is 5.75 Å². The molecule has 0 aliphatic carbocycles. The molecule has 0 saturated heterocycles. The van der Waals surface area contributed by atoms with Gasteiger partial charge in [0, 0.05) is 12.0 Å². The fourth-order valence-electron chi connectivity index (χ4n) is 1.62. The summed E-state index contributed by atoms with van der Waals surface area (Å²) in [6, 6.07) is 9.00. The fourth-order valence-corrected chi connectivity index (χ4v) is 1.62. The number of para-hydroxylation sites is 1. The molecular formula is C17H26N2O3. The number of benzene rings is 1. The molecule has 0 aromatic heterocycles. The standard InChI is InChI=1S/C17H26N2O3/c1-13(19-16(21)17(2,3)4)15(20)18-11-8-12-22-14-9-6-5-7-10-14/h5-7,9-10,13H,8,11-12H2,1-4H3,(H,18,20)(H,19,21). The summed E-state index contributed by atoms with van der Waals surface area (Å²) in [5.74, 6) is 0.500. The van der Waals surface area contributed by atoms with Crippen molar-refractivity contribution in [3.05, 3.63) is 30.3 Å². The summed E-state index contributed by atoms with van der Waals surface area (Å²) in [6.45, 7) is 8.17. The molecule has 5 heteroatoms. The Balaban J connectivity index is 2.19. The lowest BCUT2D eigenvalue weighted by Crippen LogP contribution is -2.48. The van der Waals surface area contributed by atoms with Gasteiger partial charge in [-0.15, -0.1) is 0 Å².